The van der Waals surface area contributed by atoms with E-state index in [-0.39, 0.29) is 0 Å². The molecule has 0 aliphatic rings. The van der Waals surface area contributed by atoms with E-state index in [0.717, 1.165) is 12.1 Å². The van der Waals surface area contributed by atoms with Gasteiger partial charge in [0.05, 0.1) is 5.56 Å². The first-order chi connectivity index (χ1) is 9.05. The van der Waals surface area contributed by atoms with Crippen molar-refractivity contribution < 1.29 is 31.1 Å². The Morgan fingerprint density at radius 3 is 2.25 bits per heavy atom. The van der Waals surface area contributed by atoms with E-state index in [1.54, 1.807) is 5.32 Å². The lowest BCUT2D eigenvalue weighted by Crippen LogP contribution is -2.37. The largest absolute Gasteiger partial charge is 0.416 e. The minimum absolute atomic E-state index is 0.349. The lowest BCUT2D eigenvalue weighted by atomic mass is 10.0. The molecule has 0 aromatic heterocycles. The Hall–Kier alpha value is -1.99. The van der Waals surface area contributed by atoms with Gasteiger partial charge in [0.25, 0.3) is 0 Å². The van der Waals surface area contributed by atoms with Gasteiger partial charge in [-0.2, -0.15) is 26.3 Å². The first-order valence-electron chi connectivity index (χ1n) is 5.22. The molecule has 0 aliphatic carbocycles. The van der Waals surface area contributed by atoms with Gasteiger partial charge in [-0.15, -0.1) is 0 Å². The summed E-state index contributed by atoms with van der Waals surface area (Å²) in [6.45, 7) is 2.99. The summed E-state index contributed by atoms with van der Waals surface area (Å²) in [6.07, 6.45) is -9.09. The molecule has 0 radical (unpaired) electrons. The van der Waals surface area contributed by atoms with Gasteiger partial charge in [0.1, 0.15) is 0 Å². The van der Waals surface area contributed by atoms with Gasteiger partial charge in [0.15, 0.2) is 6.04 Å². The first kappa shape index (κ1) is 16.1. The molecule has 1 rings (SSSR count). The van der Waals surface area contributed by atoms with Crippen LogP contribution in [0.3, 0.4) is 0 Å². The van der Waals surface area contributed by atoms with Gasteiger partial charge >= 0.3 is 12.4 Å². The molecule has 0 unspecified atom stereocenters. The molecule has 20 heavy (non-hydrogen) atoms. The van der Waals surface area contributed by atoms with Crippen LogP contribution in [0, 0.1) is 0 Å². The van der Waals surface area contributed by atoms with Gasteiger partial charge in [-0.25, -0.2) is 0 Å². The summed E-state index contributed by atoms with van der Waals surface area (Å²) in [5.41, 5.74) is -1.93. The molecule has 1 aromatic carbocycles. The molecule has 110 valence electrons. The highest BCUT2D eigenvalue weighted by Crippen LogP contribution is 2.36. The molecular formula is C12H9F6NO. The zero-order valence-corrected chi connectivity index (χ0v) is 9.85. The fourth-order valence-corrected chi connectivity index (χ4v) is 1.45. The van der Waals surface area contributed by atoms with Gasteiger partial charge < -0.3 is 5.32 Å². The van der Waals surface area contributed by atoms with Gasteiger partial charge in [0.2, 0.25) is 5.91 Å². The van der Waals surface area contributed by atoms with Crippen LogP contribution in [0.2, 0.25) is 0 Å². The van der Waals surface area contributed by atoms with E-state index in [1.165, 1.54) is 0 Å². The van der Waals surface area contributed by atoms with Crippen molar-refractivity contribution >= 4 is 5.91 Å². The van der Waals surface area contributed by atoms with E-state index in [4.69, 9.17) is 0 Å². The highest BCUT2D eigenvalue weighted by atomic mass is 19.4. The SMILES string of the molecule is C=CC(=O)N[C@H](c1cccc(C(F)(F)F)c1)C(F)(F)F. The maximum Gasteiger partial charge on any atom is 0.416 e. The van der Waals surface area contributed by atoms with Crippen LogP contribution in [-0.2, 0) is 11.0 Å². The van der Waals surface area contributed by atoms with Crippen molar-refractivity contribution in [1.29, 1.82) is 0 Å². The summed E-state index contributed by atoms with van der Waals surface area (Å²) in [4.78, 5) is 11.0. The maximum atomic E-state index is 12.8. The van der Waals surface area contributed by atoms with Crippen LogP contribution in [0.5, 0.6) is 0 Å². The molecule has 0 aliphatic heterocycles. The average molecular weight is 297 g/mol. The third-order valence-corrected chi connectivity index (χ3v) is 2.35. The zero-order valence-electron chi connectivity index (χ0n) is 9.85. The predicted octanol–water partition coefficient (Wildman–Crippen LogP) is 3.61. The number of benzene rings is 1. The Balaban J connectivity index is 3.21. The second-order valence-electron chi connectivity index (χ2n) is 3.81. The summed E-state index contributed by atoms with van der Waals surface area (Å²) < 4.78 is 75.8. The number of hydrogen-bond acceptors (Lipinski definition) is 1. The standard InChI is InChI=1S/C12H9F6NO/c1-2-9(20)19-10(12(16,17)18)7-4-3-5-8(6-7)11(13,14)15/h2-6,10H,1H2,(H,19,20)/t10-/m1/s1. The Morgan fingerprint density at radius 2 is 1.80 bits per heavy atom. The Morgan fingerprint density at radius 1 is 1.20 bits per heavy atom. The fraction of sp³-hybridized carbons (Fsp3) is 0.250. The van der Waals surface area contributed by atoms with Crippen LogP contribution in [0.4, 0.5) is 26.3 Å². The Labute approximate surface area is 110 Å². The Kier molecular flexibility index (Phi) is 4.46. The van der Waals surface area contributed by atoms with Crippen LogP contribution < -0.4 is 5.32 Å². The molecule has 0 heterocycles. The summed E-state index contributed by atoms with van der Waals surface area (Å²) in [5, 5.41) is 1.55. The Bertz CT molecular complexity index is 505. The van der Waals surface area contributed by atoms with Crippen molar-refractivity contribution in [1.82, 2.24) is 5.32 Å². The molecule has 1 amide bonds. The number of halogens is 6. The third-order valence-electron chi connectivity index (χ3n) is 2.35. The van der Waals surface area contributed by atoms with Gasteiger partial charge in [0, 0.05) is 0 Å². The molecule has 0 saturated carbocycles. The van der Waals surface area contributed by atoms with Crippen molar-refractivity contribution in [3.05, 3.63) is 48.0 Å². The van der Waals surface area contributed by atoms with Crippen molar-refractivity contribution in [2.45, 2.75) is 18.4 Å². The van der Waals surface area contributed by atoms with E-state index in [1.807, 2.05) is 0 Å². The van der Waals surface area contributed by atoms with E-state index < -0.39 is 35.4 Å². The van der Waals surface area contributed by atoms with Crippen molar-refractivity contribution in [3.8, 4) is 0 Å². The van der Waals surface area contributed by atoms with E-state index in [9.17, 15) is 31.1 Å². The quantitative estimate of drug-likeness (QED) is 0.670. The number of amides is 1. The van der Waals surface area contributed by atoms with Crippen LogP contribution in [0.15, 0.2) is 36.9 Å². The fourth-order valence-electron chi connectivity index (χ4n) is 1.45. The van der Waals surface area contributed by atoms with Gasteiger partial charge in [-0.3, -0.25) is 4.79 Å². The van der Waals surface area contributed by atoms with Gasteiger partial charge in [-0.05, 0) is 23.8 Å². The van der Waals surface area contributed by atoms with Crippen LogP contribution >= 0.6 is 0 Å². The first-order valence-corrected chi connectivity index (χ1v) is 5.22. The zero-order chi connectivity index (χ0) is 15.6. The summed E-state index contributed by atoms with van der Waals surface area (Å²) in [5.74, 6) is -1.13. The topological polar surface area (TPSA) is 29.1 Å². The lowest BCUT2D eigenvalue weighted by molar-refractivity contribution is -0.162. The molecule has 8 heteroatoms. The van der Waals surface area contributed by atoms with Crippen molar-refractivity contribution in [3.63, 3.8) is 0 Å². The molecule has 0 fully saturated rings. The molecular weight excluding hydrogens is 288 g/mol. The van der Waals surface area contributed by atoms with Crippen LogP contribution in [0.25, 0.3) is 0 Å². The average Bonchev–Trinajstić information content (AvgIpc) is 2.33. The molecule has 1 atom stereocenters. The van der Waals surface area contributed by atoms with Crippen LogP contribution in [0.1, 0.15) is 17.2 Å². The highest BCUT2D eigenvalue weighted by Gasteiger charge is 2.42. The van der Waals surface area contributed by atoms with E-state index in [0.29, 0.717) is 18.2 Å². The molecule has 0 saturated heterocycles. The van der Waals surface area contributed by atoms with E-state index >= 15 is 0 Å². The van der Waals surface area contributed by atoms with Crippen molar-refractivity contribution in [2.75, 3.05) is 0 Å². The van der Waals surface area contributed by atoms with Crippen molar-refractivity contribution in [2.24, 2.45) is 0 Å². The van der Waals surface area contributed by atoms with Gasteiger partial charge in [-0.1, -0.05) is 18.7 Å². The lowest BCUT2D eigenvalue weighted by Gasteiger charge is -2.22. The smallest absolute Gasteiger partial charge is 0.337 e. The summed E-state index contributed by atoms with van der Waals surface area (Å²) in [6, 6.07) is 0.164. The normalized spacial score (nSPS) is 13.7. The third kappa shape index (κ3) is 4.01. The molecule has 1 N–H and O–H groups in total. The number of alkyl halides is 6. The molecule has 0 spiro atoms. The maximum absolute atomic E-state index is 12.8. The number of carbonyl (C=O) groups is 1. The predicted molar refractivity (Wildman–Crippen MR) is 58.6 cm³/mol. The second kappa shape index (κ2) is 5.56. The number of nitrogens with one attached hydrogen (secondary N) is 1. The number of hydrogen-bond donors (Lipinski definition) is 1. The summed E-state index contributed by atoms with van der Waals surface area (Å²) >= 11 is 0. The minimum atomic E-state index is -4.93. The minimum Gasteiger partial charge on any atom is -0.337 e. The number of rotatable bonds is 3. The summed E-state index contributed by atoms with van der Waals surface area (Å²) in [7, 11) is 0. The molecule has 1 aromatic rings. The monoisotopic (exact) mass is 297 g/mol. The van der Waals surface area contributed by atoms with Crippen LogP contribution in [-0.4, -0.2) is 12.1 Å². The number of carbonyl (C=O) groups excluding carboxylic acids is 1. The highest BCUT2D eigenvalue weighted by molar-refractivity contribution is 5.87. The molecule has 2 nitrogen and oxygen atoms in total. The molecule has 0 bridgehead atoms. The second-order valence-corrected chi connectivity index (χ2v) is 3.81. The van der Waals surface area contributed by atoms with E-state index in [2.05, 4.69) is 6.58 Å².